The molecule has 0 spiro atoms. The number of nitrogens with one attached hydrogen (secondary N) is 1. The maximum atomic E-state index is 12.0. The summed E-state index contributed by atoms with van der Waals surface area (Å²) in [6.07, 6.45) is 1.59. The fourth-order valence-electron chi connectivity index (χ4n) is 1.22. The number of aromatic nitrogens is 1. The number of hydrogen-bond donors (Lipinski definition) is 1. The van der Waals surface area contributed by atoms with E-state index in [1.54, 1.807) is 12.3 Å². The number of hydrogen-bond acceptors (Lipinski definition) is 2. The molecule has 0 saturated heterocycles. The number of benzene rings is 1. The first kappa shape index (κ1) is 7.85. The van der Waals surface area contributed by atoms with Crippen LogP contribution in [0.25, 0.3) is 10.9 Å². The summed E-state index contributed by atoms with van der Waals surface area (Å²) >= 11 is 0. The van der Waals surface area contributed by atoms with E-state index in [2.05, 4.69) is 14.9 Å². The molecule has 0 atom stereocenters. The van der Waals surface area contributed by atoms with Crippen molar-refractivity contribution in [2.24, 2.45) is 0 Å². The molecule has 0 bridgehead atoms. The van der Waals surface area contributed by atoms with Gasteiger partial charge in [0.05, 0.1) is 5.52 Å². The van der Waals surface area contributed by atoms with Gasteiger partial charge in [-0.25, -0.2) is 0 Å². The minimum Gasteiger partial charge on any atom is -0.358 e. The lowest BCUT2D eigenvalue weighted by Gasteiger charge is -1.98. The van der Waals surface area contributed by atoms with Crippen molar-refractivity contribution in [2.45, 2.75) is 0 Å². The molecule has 1 heterocycles. The Kier molecular flexibility index (Phi) is 1.77. The highest BCUT2D eigenvalue weighted by molar-refractivity contribution is 5.86. The number of aromatic amines is 1. The van der Waals surface area contributed by atoms with Crippen LogP contribution in [0.2, 0.25) is 0 Å². The summed E-state index contributed by atoms with van der Waals surface area (Å²) < 4.78 is 23.7. The molecule has 5 heteroatoms. The van der Waals surface area contributed by atoms with Crippen LogP contribution in [0.4, 0.5) is 9.05 Å². The summed E-state index contributed by atoms with van der Waals surface area (Å²) in [6.45, 7) is 0. The maximum absolute atomic E-state index is 12.0. The van der Waals surface area contributed by atoms with Crippen LogP contribution in [0.15, 0.2) is 24.4 Å². The average Bonchev–Trinajstić information content (AvgIpc) is 2.63. The average molecular weight is 185 g/mol. The third-order valence-corrected chi connectivity index (χ3v) is 1.77. The van der Waals surface area contributed by atoms with Crippen LogP contribution < -0.4 is 9.88 Å². The summed E-state index contributed by atoms with van der Waals surface area (Å²) in [4.78, 5) is 9.77. The molecule has 0 saturated carbocycles. The van der Waals surface area contributed by atoms with E-state index in [-0.39, 0.29) is 11.5 Å². The zero-order chi connectivity index (χ0) is 9.26. The van der Waals surface area contributed by atoms with Crippen molar-refractivity contribution >= 4 is 10.9 Å². The normalized spacial score (nSPS) is 10.3. The van der Waals surface area contributed by atoms with E-state index in [0.717, 1.165) is 6.07 Å². The summed E-state index contributed by atoms with van der Waals surface area (Å²) in [5.74, 6) is -0.199. The second kappa shape index (κ2) is 2.93. The summed E-state index contributed by atoms with van der Waals surface area (Å²) in [5, 5.41) is 0.614. The topological polar surface area (TPSA) is 34.2 Å². The largest absolute Gasteiger partial charge is 0.358 e. The molecule has 13 heavy (non-hydrogen) atoms. The first-order chi connectivity index (χ1) is 6.35. The number of rotatable bonds is 2. The second-order valence-electron chi connectivity index (χ2n) is 2.52. The van der Waals surface area contributed by atoms with Crippen molar-refractivity contribution in [1.29, 1.82) is 0 Å². The molecule has 0 aliphatic carbocycles. The summed E-state index contributed by atoms with van der Waals surface area (Å²) in [7, 11) is 0. The van der Waals surface area contributed by atoms with Gasteiger partial charge in [0.25, 0.3) is 0 Å². The Balaban J connectivity index is 2.70. The van der Waals surface area contributed by atoms with Gasteiger partial charge in [0.15, 0.2) is 11.5 Å². The van der Waals surface area contributed by atoms with Gasteiger partial charge in [-0.2, -0.15) is 0 Å². The molecule has 0 unspecified atom stereocenters. The zero-order valence-corrected chi connectivity index (χ0v) is 6.38. The number of H-pyrrole nitrogens is 1. The fraction of sp³-hybridized carbons (Fsp3) is 0. The smallest absolute Gasteiger partial charge is 0.199 e. The molecule has 1 aromatic carbocycles. The van der Waals surface area contributed by atoms with Gasteiger partial charge in [-0.1, -0.05) is 0 Å². The van der Waals surface area contributed by atoms with Crippen molar-refractivity contribution in [2.75, 3.05) is 0 Å². The molecule has 0 fully saturated rings. The Morgan fingerprint density at radius 2 is 2.00 bits per heavy atom. The SMILES string of the molecule is FOc1cc(OF)c2[nH]ccc2c1. The van der Waals surface area contributed by atoms with E-state index in [9.17, 15) is 9.05 Å². The monoisotopic (exact) mass is 185 g/mol. The summed E-state index contributed by atoms with van der Waals surface area (Å²) in [6, 6.07) is 4.19. The van der Waals surface area contributed by atoms with Gasteiger partial charge in [-0.3, -0.25) is 9.88 Å². The molecule has 3 nitrogen and oxygen atoms in total. The highest BCUT2D eigenvalue weighted by Crippen LogP contribution is 2.30. The van der Waals surface area contributed by atoms with Crippen molar-refractivity contribution < 1.29 is 18.9 Å². The van der Waals surface area contributed by atoms with E-state index < -0.39 is 0 Å². The number of halogens is 2. The van der Waals surface area contributed by atoms with Crippen molar-refractivity contribution in [3.8, 4) is 11.5 Å². The van der Waals surface area contributed by atoms with E-state index in [4.69, 9.17) is 0 Å². The lowest BCUT2D eigenvalue weighted by atomic mass is 10.2. The Bertz CT molecular complexity index is 427. The highest BCUT2D eigenvalue weighted by atomic mass is 19.3. The van der Waals surface area contributed by atoms with Gasteiger partial charge < -0.3 is 4.98 Å². The first-order valence-electron chi connectivity index (χ1n) is 3.53. The standard InChI is InChI=1S/C8H5F2NO2/c9-12-6-3-5-1-2-11-8(5)7(4-6)13-10/h1-4,11H. The van der Waals surface area contributed by atoms with Crippen LogP contribution in [0, 0.1) is 0 Å². The van der Waals surface area contributed by atoms with Gasteiger partial charge in [0, 0.05) is 26.7 Å². The third-order valence-electron chi connectivity index (χ3n) is 1.77. The molecular weight excluding hydrogens is 180 g/mol. The van der Waals surface area contributed by atoms with Gasteiger partial charge in [0.1, 0.15) is 0 Å². The molecule has 0 radical (unpaired) electrons. The molecule has 2 aromatic rings. The summed E-state index contributed by atoms with van der Waals surface area (Å²) in [5.41, 5.74) is 0.461. The maximum Gasteiger partial charge on any atom is 0.199 e. The first-order valence-corrected chi connectivity index (χ1v) is 3.53. The Morgan fingerprint density at radius 1 is 1.15 bits per heavy atom. The van der Waals surface area contributed by atoms with Crippen LogP contribution in [-0.2, 0) is 0 Å². The van der Waals surface area contributed by atoms with Crippen LogP contribution in [0.5, 0.6) is 11.5 Å². The minimum absolute atomic E-state index is 0.0975. The Labute approximate surface area is 71.7 Å². The van der Waals surface area contributed by atoms with Crippen LogP contribution >= 0.6 is 0 Å². The molecule has 0 amide bonds. The van der Waals surface area contributed by atoms with E-state index in [1.165, 1.54) is 6.07 Å². The van der Waals surface area contributed by atoms with Crippen LogP contribution in [-0.4, -0.2) is 4.98 Å². The molecule has 1 N–H and O–H groups in total. The van der Waals surface area contributed by atoms with Crippen molar-refractivity contribution in [1.82, 2.24) is 4.98 Å². The Morgan fingerprint density at radius 3 is 2.69 bits per heavy atom. The molecule has 1 aromatic heterocycles. The van der Waals surface area contributed by atoms with Crippen molar-refractivity contribution in [3.05, 3.63) is 24.4 Å². The molecular formula is C8H5F2NO2. The predicted octanol–water partition coefficient (Wildman–Crippen LogP) is 2.69. The van der Waals surface area contributed by atoms with Gasteiger partial charge in [-0.15, -0.1) is 0 Å². The number of fused-ring (bicyclic) bond motifs is 1. The third kappa shape index (κ3) is 1.18. The molecule has 0 aliphatic heterocycles. The Hall–Kier alpha value is -1.78. The quantitative estimate of drug-likeness (QED) is 0.780. The fourth-order valence-corrected chi connectivity index (χ4v) is 1.22. The minimum atomic E-state index is -0.102. The van der Waals surface area contributed by atoms with Gasteiger partial charge in [-0.05, 0) is 12.1 Å². The van der Waals surface area contributed by atoms with E-state index in [0.29, 0.717) is 10.9 Å². The van der Waals surface area contributed by atoms with Crippen LogP contribution in [0.3, 0.4) is 0 Å². The second-order valence-corrected chi connectivity index (χ2v) is 2.52. The van der Waals surface area contributed by atoms with Gasteiger partial charge in [0.2, 0.25) is 0 Å². The highest BCUT2D eigenvalue weighted by Gasteiger charge is 2.08. The van der Waals surface area contributed by atoms with E-state index >= 15 is 0 Å². The van der Waals surface area contributed by atoms with Crippen molar-refractivity contribution in [3.63, 3.8) is 0 Å². The van der Waals surface area contributed by atoms with E-state index in [1.807, 2.05) is 0 Å². The van der Waals surface area contributed by atoms with Crippen LogP contribution in [0.1, 0.15) is 0 Å². The van der Waals surface area contributed by atoms with Gasteiger partial charge >= 0.3 is 0 Å². The predicted molar refractivity (Wildman–Crippen MR) is 41.8 cm³/mol. The lowest BCUT2D eigenvalue weighted by Crippen LogP contribution is -1.82. The molecule has 0 aliphatic rings. The molecule has 2 rings (SSSR count). The zero-order valence-electron chi connectivity index (χ0n) is 6.38. The lowest BCUT2D eigenvalue weighted by molar-refractivity contribution is -0.0142. The molecule has 68 valence electrons.